The molecule has 0 radical (unpaired) electrons. The van der Waals surface area contributed by atoms with Crippen molar-refractivity contribution in [3.63, 3.8) is 0 Å². The van der Waals surface area contributed by atoms with Crippen LogP contribution in [-0.2, 0) is 18.9 Å². The summed E-state index contributed by atoms with van der Waals surface area (Å²) in [5, 5.41) is 70.9. The number of nitrogens with two attached hydrogens (primary N) is 4. The third kappa shape index (κ3) is 5.32. The molecule has 0 unspecified atom stereocenters. The smallest absolute Gasteiger partial charge is 0.187 e. The van der Waals surface area contributed by atoms with Gasteiger partial charge < -0.3 is 77.6 Å². The summed E-state index contributed by atoms with van der Waals surface area (Å²) in [4.78, 5) is 0. The lowest BCUT2D eigenvalue weighted by Crippen LogP contribution is -2.68. The molecule has 3 rings (SSSR count). The molecule has 2 aliphatic heterocycles. The summed E-state index contributed by atoms with van der Waals surface area (Å²) >= 11 is 0. The topological polar surface area (TPSA) is 283 Å². The van der Waals surface area contributed by atoms with E-state index < -0.39 is 98.4 Å². The molecule has 1 aliphatic carbocycles. The van der Waals surface area contributed by atoms with Crippen molar-refractivity contribution in [1.29, 1.82) is 0 Å². The summed E-state index contributed by atoms with van der Waals surface area (Å²) in [6, 6.07) is -2.86. The highest BCUT2D eigenvalue weighted by molar-refractivity contribution is 5.01. The van der Waals surface area contributed by atoms with E-state index in [-0.39, 0.29) is 13.0 Å². The number of rotatable bonds is 6. The molecule has 0 aromatic rings. The van der Waals surface area contributed by atoms with Crippen LogP contribution in [0.1, 0.15) is 6.42 Å². The first-order valence-electron chi connectivity index (χ1n) is 10.8. The standard InChI is InChI=1S/C18H36N4O11/c19-2-6-10(25)12(27)13(28)18(30-6)33-16-5(21)1-4(20)15(14(16)29)32-17-11(26)8(22)9(24)7(3-23)31-17/h4-18,23-29H,1-3,19-22H2/t4-,5-,6+,7-,8+,9+,10+,11-,12-,13-,14-,15-,16-,17+,18+/m0/s1. The van der Waals surface area contributed by atoms with E-state index in [1.54, 1.807) is 0 Å². The van der Waals surface area contributed by atoms with Crippen LogP contribution in [-0.4, -0.2) is 141 Å². The van der Waals surface area contributed by atoms with Gasteiger partial charge in [-0.05, 0) is 6.42 Å². The van der Waals surface area contributed by atoms with Crippen molar-refractivity contribution in [1.82, 2.24) is 0 Å². The maximum absolute atomic E-state index is 10.9. The Labute approximate surface area is 189 Å². The molecular weight excluding hydrogens is 448 g/mol. The molecule has 0 spiro atoms. The number of aliphatic hydroxyl groups excluding tert-OH is 7. The predicted octanol–water partition coefficient (Wildman–Crippen LogP) is -7.29. The van der Waals surface area contributed by atoms with Gasteiger partial charge in [0.2, 0.25) is 0 Å². The second-order valence-corrected chi connectivity index (χ2v) is 8.79. The van der Waals surface area contributed by atoms with Gasteiger partial charge >= 0.3 is 0 Å². The molecule has 15 atom stereocenters. The third-order valence-corrected chi connectivity index (χ3v) is 6.48. The van der Waals surface area contributed by atoms with Crippen molar-refractivity contribution >= 4 is 0 Å². The summed E-state index contributed by atoms with van der Waals surface area (Å²) < 4.78 is 22.2. The Kier molecular flexibility index (Phi) is 8.99. The lowest BCUT2D eigenvalue weighted by atomic mass is 9.84. The van der Waals surface area contributed by atoms with Gasteiger partial charge in [-0.25, -0.2) is 0 Å². The van der Waals surface area contributed by atoms with Crippen LogP contribution >= 0.6 is 0 Å². The second kappa shape index (κ2) is 11.0. The van der Waals surface area contributed by atoms with Gasteiger partial charge in [0.05, 0.1) is 12.6 Å². The maximum atomic E-state index is 10.9. The molecule has 0 amide bonds. The molecule has 15 nitrogen and oxygen atoms in total. The van der Waals surface area contributed by atoms with Crippen LogP contribution in [0.5, 0.6) is 0 Å². The average molecular weight is 485 g/mol. The Hall–Kier alpha value is -0.600. The van der Waals surface area contributed by atoms with Crippen LogP contribution in [0.4, 0.5) is 0 Å². The Balaban J connectivity index is 1.72. The highest BCUT2D eigenvalue weighted by Gasteiger charge is 2.51. The quantitative estimate of drug-likeness (QED) is 0.167. The fourth-order valence-electron chi connectivity index (χ4n) is 4.40. The normalized spacial score (nSPS) is 53.7. The Morgan fingerprint density at radius 1 is 0.667 bits per heavy atom. The first-order valence-corrected chi connectivity index (χ1v) is 10.8. The van der Waals surface area contributed by atoms with Crippen LogP contribution in [0.3, 0.4) is 0 Å². The predicted molar refractivity (Wildman–Crippen MR) is 108 cm³/mol. The number of hydrogen-bond donors (Lipinski definition) is 11. The summed E-state index contributed by atoms with van der Waals surface area (Å²) in [7, 11) is 0. The van der Waals surface area contributed by atoms with Crippen molar-refractivity contribution in [3.05, 3.63) is 0 Å². The monoisotopic (exact) mass is 484 g/mol. The van der Waals surface area contributed by atoms with Crippen molar-refractivity contribution < 1.29 is 54.7 Å². The highest BCUT2D eigenvalue weighted by atomic mass is 16.7. The summed E-state index contributed by atoms with van der Waals surface area (Å²) in [6.07, 6.45) is -16.5. The minimum Gasteiger partial charge on any atom is -0.394 e. The van der Waals surface area contributed by atoms with Gasteiger partial charge in [0, 0.05) is 18.6 Å². The Morgan fingerprint density at radius 2 is 1.18 bits per heavy atom. The zero-order valence-corrected chi connectivity index (χ0v) is 17.9. The minimum atomic E-state index is -1.66. The van der Waals surface area contributed by atoms with E-state index in [1.807, 2.05) is 0 Å². The van der Waals surface area contributed by atoms with E-state index in [4.69, 9.17) is 41.9 Å². The molecule has 0 aromatic heterocycles. The second-order valence-electron chi connectivity index (χ2n) is 8.79. The first kappa shape index (κ1) is 27.0. The van der Waals surface area contributed by atoms with Gasteiger partial charge in [0.25, 0.3) is 0 Å². The minimum absolute atomic E-state index is 0.0849. The van der Waals surface area contributed by atoms with Crippen LogP contribution < -0.4 is 22.9 Å². The fraction of sp³-hybridized carbons (Fsp3) is 1.00. The van der Waals surface area contributed by atoms with Crippen molar-refractivity contribution in [2.24, 2.45) is 22.9 Å². The number of aliphatic hydroxyl groups is 7. The molecular formula is C18H36N4O11. The molecule has 1 saturated carbocycles. The summed E-state index contributed by atoms with van der Waals surface area (Å²) in [5.41, 5.74) is 23.5. The van der Waals surface area contributed by atoms with E-state index in [0.29, 0.717) is 0 Å². The van der Waals surface area contributed by atoms with Crippen molar-refractivity contribution in [3.8, 4) is 0 Å². The average Bonchev–Trinajstić information content (AvgIpc) is 2.79. The lowest BCUT2D eigenvalue weighted by Gasteiger charge is -2.48. The molecule has 0 aromatic carbocycles. The largest absolute Gasteiger partial charge is 0.394 e. The summed E-state index contributed by atoms with van der Waals surface area (Å²) in [6.45, 7) is -0.763. The molecule has 33 heavy (non-hydrogen) atoms. The first-order chi connectivity index (χ1) is 15.5. The highest BCUT2D eigenvalue weighted by Crippen LogP contribution is 2.31. The van der Waals surface area contributed by atoms with Crippen molar-refractivity contribution in [2.45, 2.75) is 98.2 Å². The maximum Gasteiger partial charge on any atom is 0.187 e. The zero-order chi connectivity index (χ0) is 24.6. The van der Waals surface area contributed by atoms with E-state index >= 15 is 0 Å². The van der Waals surface area contributed by atoms with Gasteiger partial charge in [-0.15, -0.1) is 0 Å². The van der Waals surface area contributed by atoms with Gasteiger partial charge in [-0.3, -0.25) is 0 Å². The fourth-order valence-corrected chi connectivity index (χ4v) is 4.40. The van der Waals surface area contributed by atoms with E-state index in [0.717, 1.165) is 0 Å². The molecule has 15 N–H and O–H groups in total. The molecule has 194 valence electrons. The molecule has 0 bridgehead atoms. The van der Waals surface area contributed by atoms with Crippen LogP contribution in [0.25, 0.3) is 0 Å². The molecule has 3 aliphatic rings. The molecule has 15 heteroatoms. The van der Waals surface area contributed by atoms with E-state index in [2.05, 4.69) is 0 Å². The van der Waals surface area contributed by atoms with Gasteiger partial charge in [-0.2, -0.15) is 0 Å². The van der Waals surface area contributed by atoms with E-state index in [9.17, 15) is 35.7 Å². The lowest BCUT2D eigenvalue weighted by molar-refractivity contribution is -0.332. The Morgan fingerprint density at radius 3 is 1.70 bits per heavy atom. The van der Waals surface area contributed by atoms with Crippen LogP contribution in [0.2, 0.25) is 0 Å². The zero-order valence-electron chi connectivity index (χ0n) is 17.9. The van der Waals surface area contributed by atoms with Gasteiger partial charge in [0.15, 0.2) is 12.6 Å². The number of ether oxygens (including phenoxy) is 4. The van der Waals surface area contributed by atoms with Gasteiger partial charge in [-0.1, -0.05) is 0 Å². The van der Waals surface area contributed by atoms with Gasteiger partial charge in [0.1, 0.15) is 61.0 Å². The molecule has 2 heterocycles. The Bertz CT molecular complexity index is 584. The van der Waals surface area contributed by atoms with Crippen molar-refractivity contribution in [2.75, 3.05) is 13.2 Å². The SMILES string of the molecule is NC[C@H]1O[C@H](O[C@@H]2[C@@H](O)[C@@H](O[C@H]3O[C@@H](CO)[C@@H](O)[C@@H](N)[C@@H]3O)[C@@H](N)C[C@@H]2N)[C@@H](O)[C@@H](O)[C@@H]1O. The van der Waals surface area contributed by atoms with Crippen LogP contribution in [0.15, 0.2) is 0 Å². The number of hydrogen-bond acceptors (Lipinski definition) is 15. The molecule has 3 fully saturated rings. The van der Waals surface area contributed by atoms with Crippen LogP contribution in [0, 0.1) is 0 Å². The summed E-state index contributed by atoms with van der Waals surface area (Å²) in [5.74, 6) is 0. The third-order valence-electron chi connectivity index (χ3n) is 6.48. The van der Waals surface area contributed by atoms with E-state index in [1.165, 1.54) is 0 Å². The molecule has 2 saturated heterocycles.